The van der Waals surface area contributed by atoms with E-state index in [4.69, 9.17) is 11.6 Å². The molecule has 7 heteroatoms. The van der Waals surface area contributed by atoms with Gasteiger partial charge in [0.05, 0.1) is 23.2 Å². The summed E-state index contributed by atoms with van der Waals surface area (Å²) in [5.74, 6) is 1.13. The fourth-order valence-corrected chi connectivity index (χ4v) is 3.64. The third-order valence-electron chi connectivity index (χ3n) is 4.88. The number of hydrogen-bond donors (Lipinski definition) is 2. The summed E-state index contributed by atoms with van der Waals surface area (Å²) in [6, 6.07) is 12.5. The quantitative estimate of drug-likeness (QED) is 0.851. The molecule has 1 fully saturated rings. The monoisotopic (exact) mass is 378 g/mol. The Balaban J connectivity index is 1.74. The van der Waals surface area contributed by atoms with E-state index in [1.165, 1.54) is 0 Å². The molecule has 0 spiro atoms. The molecule has 1 saturated carbocycles. The molecule has 2 heterocycles. The number of hydrogen-bond acceptors (Lipinski definition) is 5. The predicted molar refractivity (Wildman–Crippen MR) is 104 cm³/mol. The molecule has 1 aliphatic carbocycles. The zero-order valence-corrected chi connectivity index (χ0v) is 14.9. The Morgan fingerprint density at radius 2 is 2.00 bits per heavy atom. The van der Waals surface area contributed by atoms with Crippen molar-refractivity contribution in [2.45, 2.75) is 12.8 Å². The van der Waals surface area contributed by atoms with Crippen LogP contribution in [-0.4, -0.2) is 22.6 Å². The topological polar surface area (TPSA) is 77.3 Å². The number of carboxylic acids is 1. The molecule has 134 valence electrons. The molecular weight excluding hydrogens is 364 g/mol. The number of halogens is 1. The molecule has 0 atom stereocenters. The largest absolute Gasteiger partial charge is 0.478 e. The first-order valence-corrected chi connectivity index (χ1v) is 9.05. The van der Waals surface area contributed by atoms with Crippen molar-refractivity contribution in [1.82, 2.24) is 5.43 Å². The Morgan fingerprint density at radius 3 is 2.74 bits per heavy atom. The van der Waals surface area contributed by atoms with Crippen LogP contribution in [-0.2, 0) is 0 Å². The van der Waals surface area contributed by atoms with E-state index in [0.29, 0.717) is 22.2 Å². The molecule has 0 unspecified atom stereocenters. The van der Waals surface area contributed by atoms with Crippen LogP contribution in [0.5, 0.6) is 0 Å². The Labute approximate surface area is 160 Å². The minimum Gasteiger partial charge on any atom is -0.478 e. The lowest BCUT2D eigenvalue weighted by Crippen LogP contribution is -2.29. The third kappa shape index (κ3) is 2.61. The number of anilines is 1. The average Bonchev–Trinajstić information content (AvgIpc) is 3.45. The van der Waals surface area contributed by atoms with Gasteiger partial charge in [0, 0.05) is 22.1 Å². The van der Waals surface area contributed by atoms with Crippen LogP contribution in [0.4, 0.5) is 5.69 Å². The summed E-state index contributed by atoms with van der Waals surface area (Å²) in [5.41, 5.74) is 6.21. The fourth-order valence-electron chi connectivity index (χ4n) is 3.41. The maximum Gasteiger partial charge on any atom is 0.335 e. The molecule has 0 radical (unpaired) electrons. The van der Waals surface area contributed by atoms with Crippen LogP contribution in [0.3, 0.4) is 0 Å². The maximum atomic E-state index is 11.6. The molecule has 0 bridgehead atoms. The summed E-state index contributed by atoms with van der Waals surface area (Å²) < 4.78 is 0. The highest BCUT2D eigenvalue weighted by Crippen LogP contribution is 2.40. The molecule has 3 aliphatic rings. The Hall–Kier alpha value is -3.12. The minimum absolute atomic E-state index is 0.203. The van der Waals surface area contributed by atoms with E-state index in [1.54, 1.807) is 24.4 Å². The average molecular weight is 379 g/mol. The van der Waals surface area contributed by atoms with Crippen molar-refractivity contribution < 1.29 is 9.90 Å². The number of fused-ring (bicyclic) bond motifs is 3. The number of rotatable bonds is 3. The fraction of sp³-hybridized carbons (Fsp3) is 0.150. The molecule has 2 N–H and O–H groups in total. The van der Waals surface area contributed by atoms with Crippen LogP contribution in [0.2, 0.25) is 5.02 Å². The number of carboxylic acid groups (broad SMARTS) is 1. The van der Waals surface area contributed by atoms with E-state index >= 15 is 0 Å². The van der Waals surface area contributed by atoms with Gasteiger partial charge in [-0.1, -0.05) is 29.8 Å². The van der Waals surface area contributed by atoms with E-state index in [-0.39, 0.29) is 5.56 Å². The Kier molecular flexibility index (Phi) is 3.55. The molecule has 2 aliphatic heterocycles. The number of hydrazone groups is 1. The van der Waals surface area contributed by atoms with Gasteiger partial charge in [-0.25, -0.2) is 4.79 Å². The number of aliphatic imine (C=N–C) groups is 1. The van der Waals surface area contributed by atoms with Crippen LogP contribution < -0.4 is 10.3 Å². The lowest BCUT2D eigenvalue weighted by molar-refractivity contribution is 0.0697. The van der Waals surface area contributed by atoms with Crippen LogP contribution in [0, 0.1) is 5.92 Å². The third-order valence-corrected chi connectivity index (χ3v) is 5.21. The van der Waals surface area contributed by atoms with Crippen LogP contribution in [0.1, 0.15) is 34.3 Å². The summed E-state index contributed by atoms with van der Waals surface area (Å²) in [6.45, 7) is 0. The standard InChI is InChI=1S/C20H15ClN4O2/c21-15-4-2-1-3-13(15)18-14-9-12(20(26)27)7-8-16(14)25-17(10-22-18)23-24-19(25)11-5-6-11/h1-4,7-11,23H,5-6H2,(H,26,27). The van der Waals surface area contributed by atoms with E-state index < -0.39 is 5.97 Å². The van der Waals surface area contributed by atoms with Gasteiger partial charge in [0.1, 0.15) is 5.84 Å². The Bertz CT molecular complexity index is 1070. The summed E-state index contributed by atoms with van der Waals surface area (Å²) in [4.78, 5) is 18.3. The normalized spacial score (nSPS) is 17.8. The van der Waals surface area contributed by atoms with Crippen LogP contribution in [0.15, 0.2) is 64.6 Å². The molecule has 0 amide bonds. The van der Waals surface area contributed by atoms with Gasteiger partial charge in [0.2, 0.25) is 0 Å². The van der Waals surface area contributed by atoms with Crippen LogP contribution in [0.25, 0.3) is 0 Å². The summed E-state index contributed by atoms with van der Waals surface area (Å²) in [5, 5.41) is 14.5. The molecule has 6 nitrogen and oxygen atoms in total. The Morgan fingerprint density at radius 1 is 1.19 bits per heavy atom. The van der Waals surface area contributed by atoms with E-state index in [0.717, 1.165) is 35.7 Å². The number of nitrogens with zero attached hydrogens (tertiary/aromatic N) is 3. The highest BCUT2D eigenvalue weighted by atomic mass is 35.5. The first-order chi connectivity index (χ1) is 13.1. The zero-order chi connectivity index (χ0) is 18.5. The van der Waals surface area contributed by atoms with Crippen molar-refractivity contribution in [2.75, 3.05) is 4.90 Å². The summed E-state index contributed by atoms with van der Waals surface area (Å²) in [7, 11) is 0. The second-order valence-corrected chi connectivity index (χ2v) is 7.11. The first kappa shape index (κ1) is 16.1. The van der Waals surface area contributed by atoms with E-state index in [9.17, 15) is 9.90 Å². The van der Waals surface area contributed by atoms with Gasteiger partial charge >= 0.3 is 5.97 Å². The number of aromatic carboxylic acids is 1. The molecule has 27 heavy (non-hydrogen) atoms. The van der Waals surface area contributed by atoms with Gasteiger partial charge in [0.25, 0.3) is 0 Å². The van der Waals surface area contributed by atoms with Gasteiger partial charge < -0.3 is 5.11 Å². The summed E-state index contributed by atoms with van der Waals surface area (Å²) >= 11 is 6.42. The molecule has 2 aromatic carbocycles. The van der Waals surface area contributed by atoms with Crippen molar-refractivity contribution >= 4 is 34.8 Å². The number of carbonyl (C=O) groups is 1. The highest BCUT2D eigenvalue weighted by Gasteiger charge is 2.39. The first-order valence-electron chi connectivity index (χ1n) is 8.68. The lowest BCUT2D eigenvalue weighted by atomic mass is 9.97. The molecule has 0 saturated heterocycles. The number of benzene rings is 2. The van der Waals surface area contributed by atoms with Crippen molar-refractivity contribution in [2.24, 2.45) is 16.0 Å². The second-order valence-electron chi connectivity index (χ2n) is 6.70. The van der Waals surface area contributed by atoms with Crippen molar-refractivity contribution in [3.05, 3.63) is 76.2 Å². The number of nitrogens with one attached hydrogen (secondary N) is 1. The lowest BCUT2D eigenvalue weighted by Gasteiger charge is -2.23. The zero-order valence-electron chi connectivity index (χ0n) is 14.2. The maximum absolute atomic E-state index is 11.6. The SMILES string of the molecule is O=C(O)c1ccc2c(c1)C(c1ccccc1Cl)=NC=C1NN=C(C3CC3)N12. The highest BCUT2D eigenvalue weighted by molar-refractivity contribution is 6.36. The van der Waals surface area contributed by atoms with Crippen molar-refractivity contribution in [3.8, 4) is 0 Å². The van der Waals surface area contributed by atoms with Gasteiger partial charge in [-0.3, -0.25) is 15.3 Å². The van der Waals surface area contributed by atoms with Gasteiger partial charge in [-0.05, 0) is 37.1 Å². The summed E-state index contributed by atoms with van der Waals surface area (Å²) in [6.07, 6.45) is 3.92. The van der Waals surface area contributed by atoms with Crippen LogP contribution >= 0.6 is 11.6 Å². The number of amidine groups is 1. The molecule has 2 aromatic rings. The van der Waals surface area contributed by atoms with E-state index in [1.807, 2.05) is 29.2 Å². The minimum atomic E-state index is -0.982. The molecule has 0 aromatic heterocycles. The smallest absolute Gasteiger partial charge is 0.335 e. The predicted octanol–water partition coefficient (Wildman–Crippen LogP) is 3.82. The molecule has 5 rings (SSSR count). The van der Waals surface area contributed by atoms with Crippen molar-refractivity contribution in [1.29, 1.82) is 0 Å². The van der Waals surface area contributed by atoms with Crippen molar-refractivity contribution in [3.63, 3.8) is 0 Å². The second kappa shape index (κ2) is 5.96. The van der Waals surface area contributed by atoms with Gasteiger partial charge in [-0.15, -0.1) is 0 Å². The van der Waals surface area contributed by atoms with E-state index in [2.05, 4.69) is 15.5 Å². The molecular formula is C20H15ClN4O2. The van der Waals surface area contributed by atoms with Gasteiger partial charge in [-0.2, -0.15) is 5.10 Å². The van der Waals surface area contributed by atoms with Gasteiger partial charge in [0.15, 0.2) is 5.82 Å².